The molecule has 0 atom stereocenters. The van der Waals surface area contributed by atoms with Crippen LogP contribution in [0.2, 0.25) is 0 Å². The van der Waals surface area contributed by atoms with Crippen LogP contribution in [0.4, 0.5) is 0 Å². The standard InChI is InChI=1S/C24H26N2O5/c1-14-15(2)23(28)30-22-17-7-8-24(3,4)31-18(17)10-19(21(14)22)29-13-20(27)26-12-16-6-5-9-25-11-16/h5-6,9-11H,7-8,12-13H2,1-4H3,(H,26,27). The van der Waals surface area contributed by atoms with Crippen molar-refractivity contribution in [2.75, 3.05) is 6.61 Å². The van der Waals surface area contributed by atoms with Crippen molar-refractivity contribution in [1.82, 2.24) is 10.3 Å². The van der Waals surface area contributed by atoms with Crippen molar-refractivity contribution in [2.45, 2.75) is 52.7 Å². The number of carbonyl (C=O) groups is 1. The highest BCUT2D eigenvalue weighted by Crippen LogP contribution is 2.43. The number of rotatable bonds is 5. The monoisotopic (exact) mass is 422 g/mol. The predicted molar refractivity (Wildman–Crippen MR) is 117 cm³/mol. The number of amides is 1. The van der Waals surface area contributed by atoms with Crippen LogP contribution in [0.25, 0.3) is 11.0 Å². The van der Waals surface area contributed by atoms with Crippen LogP contribution in [-0.4, -0.2) is 23.1 Å². The molecule has 31 heavy (non-hydrogen) atoms. The fourth-order valence-electron chi connectivity index (χ4n) is 3.74. The average molecular weight is 422 g/mol. The summed E-state index contributed by atoms with van der Waals surface area (Å²) < 4.78 is 17.7. The third-order valence-electron chi connectivity index (χ3n) is 5.68. The van der Waals surface area contributed by atoms with E-state index in [-0.39, 0.29) is 23.7 Å². The van der Waals surface area contributed by atoms with Crippen LogP contribution in [0.5, 0.6) is 11.5 Å². The van der Waals surface area contributed by atoms with E-state index in [0.717, 1.165) is 29.5 Å². The zero-order valence-corrected chi connectivity index (χ0v) is 18.2. The van der Waals surface area contributed by atoms with E-state index in [1.807, 2.05) is 32.9 Å². The molecule has 0 bridgehead atoms. The Kier molecular flexibility index (Phi) is 5.43. The zero-order valence-electron chi connectivity index (χ0n) is 18.2. The van der Waals surface area contributed by atoms with Crippen molar-refractivity contribution in [2.24, 2.45) is 0 Å². The summed E-state index contributed by atoms with van der Waals surface area (Å²) in [5.41, 5.74) is 2.84. The quantitative estimate of drug-likeness (QED) is 0.632. The van der Waals surface area contributed by atoms with E-state index in [1.165, 1.54) is 0 Å². The van der Waals surface area contributed by atoms with Gasteiger partial charge in [0.15, 0.2) is 6.61 Å². The van der Waals surface area contributed by atoms with Crippen LogP contribution in [-0.2, 0) is 17.8 Å². The van der Waals surface area contributed by atoms with Crippen molar-refractivity contribution < 1.29 is 18.7 Å². The molecule has 4 rings (SSSR count). The summed E-state index contributed by atoms with van der Waals surface area (Å²) in [6.45, 7) is 7.82. The first-order chi connectivity index (χ1) is 14.7. The van der Waals surface area contributed by atoms with E-state index in [0.29, 0.717) is 34.6 Å². The number of hydrogen-bond donors (Lipinski definition) is 1. The van der Waals surface area contributed by atoms with Crippen LogP contribution in [0.1, 0.15) is 42.5 Å². The third-order valence-corrected chi connectivity index (χ3v) is 5.68. The van der Waals surface area contributed by atoms with Gasteiger partial charge in [-0.1, -0.05) is 6.07 Å². The van der Waals surface area contributed by atoms with E-state index in [2.05, 4.69) is 10.3 Å². The molecule has 0 spiro atoms. The average Bonchev–Trinajstić information content (AvgIpc) is 2.74. The molecule has 0 saturated heterocycles. The van der Waals surface area contributed by atoms with Crippen LogP contribution < -0.4 is 20.4 Å². The summed E-state index contributed by atoms with van der Waals surface area (Å²) in [7, 11) is 0. The number of carbonyl (C=O) groups excluding carboxylic acids is 1. The lowest BCUT2D eigenvalue weighted by Gasteiger charge is -2.33. The maximum Gasteiger partial charge on any atom is 0.339 e. The molecule has 1 aromatic carbocycles. The summed E-state index contributed by atoms with van der Waals surface area (Å²) in [5.74, 6) is 0.830. The van der Waals surface area contributed by atoms with Crippen molar-refractivity contribution in [1.29, 1.82) is 0 Å². The van der Waals surface area contributed by atoms with E-state index in [4.69, 9.17) is 13.9 Å². The Morgan fingerprint density at radius 1 is 1.29 bits per heavy atom. The largest absolute Gasteiger partial charge is 0.487 e. The van der Waals surface area contributed by atoms with Crippen molar-refractivity contribution in [3.63, 3.8) is 0 Å². The molecule has 2 aromatic heterocycles. The van der Waals surface area contributed by atoms with E-state index < -0.39 is 0 Å². The van der Waals surface area contributed by atoms with Gasteiger partial charge in [-0.25, -0.2) is 4.79 Å². The van der Waals surface area contributed by atoms with Gasteiger partial charge in [-0.3, -0.25) is 9.78 Å². The number of aryl methyl sites for hydroxylation is 2. The van der Waals surface area contributed by atoms with Gasteiger partial charge in [0, 0.05) is 36.1 Å². The summed E-state index contributed by atoms with van der Waals surface area (Å²) in [6, 6.07) is 5.51. The molecular formula is C24H26N2O5. The fourth-order valence-corrected chi connectivity index (χ4v) is 3.74. The molecule has 0 aliphatic carbocycles. The minimum atomic E-state index is -0.372. The second-order valence-electron chi connectivity index (χ2n) is 8.48. The Hall–Kier alpha value is -3.35. The molecule has 7 nitrogen and oxygen atoms in total. The molecule has 0 unspecified atom stereocenters. The summed E-state index contributed by atoms with van der Waals surface area (Å²) in [4.78, 5) is 28.7. The first-order valence-electron chi connectivity index (χ1n) is 10.3. The molecule has 0 radical (unpaired) electrons. The van der Waals surface area contributed by atoms with Gasteiger partial charge in [-0.05, 0) is 57.7 Å². The Balaban J connectivity index is 1.64. The number of hydrogen-bond acceptors (Lipinski definition) is 6. The minimum Gasteiger partial charge on any atom is -0.487 e. The highest BCUT2D eigenvalue weighted by Gasteiger charge is 2.31. The topological polar surface area (TPSA) is 90.7 Å². The van der Waals surface area contributed by atoms with E-state index >= 15 is 0 Å². The number of pyridine rings is 1. The molecular weight excluding hydrogens is 396 g/mol. The SMILES string of the molecule is Cc1c(C)c2c(OCC(=O)NCc3cccnc3)cc3c(c2oc1=O)CCC(C)(C)O3. The van der Waals surface area contributed by atoms with E-state index in [9.17, 15) is 9.59 Å². The Labute approximate surface area is 180 Å². The van der Waals surface area contributed by atoms with Gasteiger partial charge >= 0.3 is 5.63 Å². The second kappa shape index (κ2) is 8.06. The molecule has 1 N–H and O–H groups in total. The molecule has 1 aliphatic rings. The number of ether oxygens (including phenoxy) is 2. The highest BCUT2D eigenvalue weighted by molar-refractivity contribution is 5.92. The number of fused-ring (bicyclic) bond motifs is 3. The molecule has 0 saturated carbocycles. The first kappa shape index (κ1) is 20.9. The second-order valence-corrected chi connectivity index (χ2v) is 8.48. The van der Waals surface area contributed by atoms with Crippen molar-refractivity contribution >= 4 is 16.9 Å². The number of aromatic nitrogens is 1. The molecule has 0 fully saturated rings. The van der Waals surface area contributed by atoms with Gasteiger partial charge in [0.2, 0.25) is 0 Å². The van der Waals surface area contributed by atoms with Crippen LogP contribution >= 0.6 is 0 Å². The number of benzene rings is 1. The maximum absolute atomic E-state index is 12.4. The normalized spacial score (nSPS) is 14.6. The van der Waals surface area contributed by atoms with Crippen molar-refractivity contribution in [3.05, 3.63) is 63.3 Å². The summed E-state index contributed by atoms with van der Waals surface area (Å²) >= 11 is 0. The number of nitrogens with one attached hydrogen (secondary N) is 1. The fraction of sp³-hybridized carbons (Fsp3) is 0.375. The molecule has 3 aromatic rings. The smallest absolute Gasteiger partial charge is 0.339 e. The Morgan fingerprint density at radius 3 is 2.84 bits per heavy atom. The van der Waals surface area contributed by atoms with Gasteiger partial charge in [0.25, 0.3) is 5.91 Å². The lowest BCUT2D eigenvalue weighted by molar-refractivity contribution is -0.123. The number of nitrogens with zero attached hydrogens (tertiary/aromatic N) is 1. The lowest BCUT2D eigenvalue weighted by atomic mass is 9.92. The van der Waals surface area contributed by atoms with E-state index in [1.54, 1.807) is 25.4 Å². The van der Waals surface area contributed by atoms with Crippen LogP contribution in [0.3, 0.4) is 0 Å². The zero-order chi connectivity index (χ0) is 22.2. The van der Waals surface area contributed by atoms with Gasteiger partial charge < -0.3 is 19.2 Å². The molecule has 7 heteroatoms. The van der Waals surface area contributed by atoms with Crippen molar-refractivity contribution in [3.8, 4) is 11.5 Å². The predicted octanol–water partition coefficient (Wildman–Crippen LogP) is 3.60. The molecule has 162 valence electrons. The first-order valence-corrected chi connectivity index (χ1v) is 10.3. The summed E-state index contributed by atoms with van der Waals surface area (Å²) in [6.07, 6.45) is 4.92. The Morgan fingerprint density at radius 2 is 2.10 bits per heavy atom. The molecule has 1 amide bonds. The minimum absolute atomic E-state index is 0.171. The van der Waals surface area contributed by atoms with Crippen LogP contribution in [0, 0.1) is 13.8 Å². The lowest BCUT2D eigenvalue weighted by Crippen LogP contribution is -2.33. The van der Waals surface area contributed by atoms with Gasteiger partial charge in [-0.15, -0.1) is 0 Å². The molecule has 3 heterocycles. The highest BCUT2D eigenvalue weighted by atomic mass is 16.5. The van der Waals surface area contributed by atoms with Crippen LogP contribution in [0.15, 0.2) is 39.8 Å². The van der Waals surface area contributed by atoms with Gasteiger partial charge in [-0.2, -0.15) is 0 Å². The third kappa shape index (κ3) is 4.26. The molecule has 1 aliphatic heterocycles. The van der Waals surface area contributed by atoms with Gasteiger partial charge in [0.1, 0.15) is 22.7 Å². The summed E-state index contributed by atoms with van der Waals surface area (Å²) in [5, 5.41) is 3.53. The van der Waals surface area contributed by atoms with Gasteiger partial charge in [0.05, 0.1) is 5.39 Å². The Bertz CT molecular complexity index is 1200. The maximum atomic E-state index is 12.4.